The van der Waals surface area contributed by atoms with Gasteiger partial charge in [0.1, 0.15) is 0 Å². The van der Waals surface area contributed by atoms with Crippen LogP contribution in [0.15, 0.2) is 18.2 Å². The van der Waals surface area contributed by atoms with E-state index in [4.69, 9.17) is 0 Å². The van der Waals surface area contributed by atoms with Gasteiger partial charge in [0, 0.05) is 12.1 Å². The van der Waals surface area contributed by atoms with Gasteiger partial charge in [-0.1, -0.05) is 23.8 Å². The van der Waals surface area contributed by atoms with Crippen LogP contribution in [0.25, 0.3) is 0 Å². The van der Waals surface area contributed by atoms with Crippen LogP contribution in [0.1, 0.15) is 36.1 Å². The molecule has 2 rings (SSSR count). The molecule has 0 saturated carbocycles. The van der Waals surface area contributed by atoms with Crippen LogP contribution in [-0.2, 0) is 0 Å². The van der Waals surface area contributed by atoms with E-state index in [0.717, 1.165) is 0 Å². The van der Waals surface area contributed by atoms with E-state index < -0.39 is 0 Å². The zero-order valence-corrected chi connectivity index (χ0v) is 8.59. The fraction of sp³-hybridized carbons (Fsp3) is 0.500. The van der Waals surface area contributed by atoms with Gasteiger partial charge in [0.15, 0.2) is 0 Å². The first-order valence-corrected chi connectivity index (χ1v) is 5.00. The molecule has 70 valence electrons. The maximum absolute atomic E-state index is 3.52. The van der Waals surface area contributed by atoms with Gasteiger partial charge in [-0.25, -0.2) is 0 Å². The fourth-order valence-corrected chi connectivity index (χ4v) is 2.11. The highest BCUT2D eigenvalue weighted by molar-refractivity contribution is 5.34. The van der Waals surface area contributed by atoms with Crippen molar-refractivity contribution < 1.29 is 0 Å². The Morgan fingerprint density at radius 1 is 1.31 bits per heavy atom. The molecule has 1 aromatic rings. The molecule has 1 heterocycles. The monoisotopic (exact) mass is 175 g/mol. The number of hydrogen-bond acceptors (Lipinski definition) is 1. The molecular formula is C12H17N. The van der Waals surface area contributed by atoms with Gasteiger partial charge in [-0.2, -0.15) is 0 Å². The highest BCUT2D eigenvalue weighted by Crippen LogP contribution is 2.29. The van der Waals surface area contributed by atoms with Crippen LogP contribution in [-0.4, -0.2) is 6.04 Å². The molecule has 1 heteroatoms. The average Bonchev–Trinajstić information content (AvgIpc) is 2.00. The summed E-state index contributed by atoms with van der Waals surface area (Å²) in [6.07, 6.45) is 1.28. The quantitative estimate of drug-likeness (QED) is 0.692. The van der Waals surface area contributed by atoms with Crippen molar-refractivity contribution in [3.8, 4) is 0 Å². The molecule has 0 bridgehead atoms. The Balaban J connectivity index is 2.21. The Bertz CT molecular complexity index is 311. The number of rotatable bonds is 1. The third kappa shape index (κ3) is 1.61. The molecule has 2 unspecified atom stereocenters. The lowest BCUT2D eigenvalue weighted by molar-refractivity contribution is 0.287. The molecule has 1 nitrogen and oxygen atoms in total. The Labute approximate surface area is 80.2 Å². The maximum Gasteiger partial charge on any atom is 0.0339 e. The molecule has 2 atom stereocenters. The van der Waals surface area contributed by atoms with E-state index in [-0.39, 0.29) is 0 Å². The summed E-state index contributed by atoms with van der Waals surface area (Å²) in [5, 5.41) is 3.52. The SMILES string of the molecule is Cc1ccc(C2CC(C)N2)c(C)c1. The van der Waals surface area contributed by atoms with Gasteiger partial charge in [-0.05, 0) is 38.3 Å². The van der Waals surface area contributed by atoms with Crippen LogP contribution >= 0.6 is 0 Å². The second-order valence-electron chi connectivity index (χ2n) is 4.22. The number of aryl methyl sites for hydroxylation is 2. The summed E-state index contributed by atoms with van der Waals surface area (Å²) in [5.41, 5.74) is 4.25. The van der Waals surface area contributed by atoms with E-state index in [1.165, 1.54) is 23.1 Å². The maximum atomic E-state index is 3.52. The van der Waals surface area contributed by atoms with Crippen LogP contribution < -0.4 is 5.32 Å². The van der Waals surface area contributed by atoms with Crippen molar-refractivity contribution in [1.29, 1.82) is 0 Å². The summed E-state index contributed by atoms with van der Waals surface area (Å²) in [7, 11) is 0. The lowest BCUT2D eigenvalue weighted by Gasteiger charge is -2.36. The third-order valence-corrected chi connectivity index (χ3v) is 2.88. The lowest BCUT2D eigenvalue weighted by Crippen LogP contribution is -2.43. The normalized spacial score (nSPS) is 27.0. The fourth-order valence-electron chi connectivity index (χ4n) is 2.11. The molecule has 0 spiro atoms. The topological polar surface area (TPSA) is 12.0 Å². The molecule has 0 amide bonds. The summed E-state index contributed by atoms with van der Waals surface area (Å²) < 4.78 is 0. The number of nitrogens with one attached hydrogen (secondary N) is 1. The average molecular weight is 175 g/mol. The van der Waals surface area contributed by atoms with Crippen molar-refractivity contribution in [2.75, 3.05) is 0 Å². The molecule has 1 saturated heterocycles. The second kappa shape index (κ2) is 3.15. The molecule has 0 aromatic heterocycles. The smallest absolute Gasteiger partial charge is 0.0339 e. The van der Waals surface area contributed by atoms with Gasteiger partial charge < -0.3 is 5.32 Å². The van der Waals surface area contributed by atoms with Gasteiger partial charge in [-0.15, -0.1) is 0 Å². The van der Waals surface area contributed by atoms with Crippen LogP contribution in [0.5, 0.6) is 0 Å². The van der Waals surface area contributed by atoms with Crippen molar-refractivity contribution in [2.45, 2.75) is 39.3 Å². The summed E-state index contributed by atoms with van der Waals surface area (Å²) in [4.78, 5) is 0. The van der Waals surface area contributed by atoms with Crippen molar-refractivity contribution >= 4 is 0 Å². The predicted octanol–water partition coefficient (Wildman–Crippen LogP) is 2.73. The largest absolute Gasteiger partial charge is 0.307 e. The second-order valence-corrected chi connectivity index (χ2v) is 4.22. The summed E-state index contributed by atoms with van der Waals surface area (Å²) in [6.45, 7) is 6.58. The summed E-state index contributed by atoms with van der Waals surface area (Å²) >= 11 is 0. The molecule has 1 N–H and O–H groups in total. The first-order valence-electron chi connectivity index (χ1n) is 5.00. The summed E-state index contributed by atoms with van der Waals surface area (Å²) in [5.74, 6) is 0. The van der Waals surface area contributed by atoms with Crippen molar-refractivity contribution in [2.24, 2.45) is 0 Å². The minimum absolute atomic E-state index is 0.607. The van der Waals surface area contributed by atoms with Crippen molar-refractivity contribution in [1.82, 2.24) is 5.32 Å². The van der Waals surface area contributed by atoms with Gasteiger partial charge in [-0.3, -0.25) is 0 Å². The zero-order chi connectivity index (χ0) is 9.42. The van der Waals surface area contributed by atoms with Crippen LogP contribution in [0.3, 0.4) is 0 Å². The predicted molar refractivity (Wildman–Crippen MR) is 55.9 cm³/mol. The van der Waals surface area contributed by atoms with Crippen LogP contribution in [0, 0.1) is 13.8 Å². The Hall–Kier alpha value is -0.820. The molecule has 1 aliphatic rings. The first kappa shape index (κ1) is 8.76. The van der Waals surface area contributed by atoms with Gasteiger partial charge in [0.25, 0.3) is 0 Å². The van der Waals surface area contributed by atoms with Gasteiger partial charge >= 0.3 is 0 Å². The molecule has 1 aliphatic heterocycles. The summed E-state index contributed by atoms with van der Waals surface area (Å²) in [6, 6.07) is 8.03. The Morgan fingerprint density at radius 3 is 2.54 bits per heavy atom. The molecule has 0 aliphatic carbocycles. The molecular weight excluding hydrogens is 158 g/mol. The van der Waals surface area contributed by atoms with E-state index in [2.05, 4.69) is 44.3 Å². The molecule has 0 radical (unpaired) electrons. The highest BCUT2D eigenvalue weighted by Gasteiger charge is 2.26. The number of benzene rings is 1. The van der Waals surface area contributed by atoms with Crippen molar-refractivity contribution in [3.05, 3.63) is 34.9 Å². The Kier molecular flexibility index (Phi) is 2.12. The minimum atomic E-state index is 0.607. The van der Waals surface area contributed by atoms with E-state index in [1.54, 1.807) is 0 Å². The highest BCUT2D eigenvalue weighted by atomic mass is 15.0. The standard InChI is InChI=1S/C12H17N/c1-8-4-5-11(9(2)6-8)12-7-10(3)13-12/h4-6,10,12-13H,7H2,1-3H3. The van der Waals surface area contributed by atoms with E-state index >= 15 is 0 Å². The van der Waals surface area contributed by atoms with E-state index in [0.29, 0.717) is 12.1 Å². The van der Waals surface area contributed by atoms with Gasteiger partial charge in [0.05, 0.1) is 0 Å². The first-order chi connectivity index (χ1) is 6.16. The Morgan fingerprint density at radius 2 is 2.00 bits per heavy atom. The molecule has 1 aromatic carbocycles. The number of hydrogen-bond donors (Lipinski definition) is 1. The minimum Gasteiger partial charge on any atom is -0.307 e. The van der Waals surface area contributed by atoms with Crippen LogP contribution in [0.2, 0.25) is 0 Å². The lowest BCUT2D eigenvalue weighted by atomic mass is 9.89. The van der Waals surface area contributed by atoms with E-state index in [1.807, 2.05) is 0 Å². The van der Waals surface area contributed by atoms with E-state index in [9.17, 15) is 0 Å². The zero-order valence-electron chi connectivity index (χ0n) is 8.59. The molecule has 1 fully saturated rings. The van der Waals surface area contributed by atoms with Crippen LogP contribution in [0.4, 0.5) is 0 Å². The van der Waals surface area contributed by atoms with Gasteiger partial charge in [0.2, 0.25) is 0 Å². The third-order valence-electron chi connectivity index (χ3n) is 2.88. The van der Waals surface area contributed by atoms with Crippen molar-refractivity contribution in [3.63, 3.8) is 0 Å². The molecule has 13 heavy (non-hydrogen) atoms.